The van der Waals surface area contributed by atoms with Crippen LogP contribution in [0, 0.1) is 12.3 Å². The normalized spacial score (nSPS) is 11.1. The quantitative estimate of drug-likeness (QED) is 0.435. The van der Waals surface area contributed by atoms with Gasteiger partial charge in [-0.25, -0.2) is 4.79 Å². The fraction of sp³-hybridized carbons (Fsp3) is 0.556. The second-order valence-corrected chi connectivity index (χ2v) is 2.77. The van der Waals surface area contributed by atoms with Crippen LogP contribution in [0.1, 0.15) is 19.8 Å². The summed E-state index contributed by atoms with van der Waals surface area (Å²) in [5.74, 6) is 1.37. The van der Waals surface area contributed by atoms with Crippen molar-refractivity contribution in [2.45, 2.75) is 25.8 Å². The summed E-state index contributed by atoms with van der Waals surface area (Å²) in [5, 5.41) is 13.2. The van der Waals surface area contributed by atoms with E-state index in [9.17, 15) is 9.59 Å². The second-order valence-electron chi connectivity index (χ2n) is 2.77. The Balaban J connectivity index is 3.56. The van der Waals surface area contributed by atoms with Gasteiger partial charge in [-0.15, -0.1) is 12.3 Å². The number of carbonyl (C=O) groups is 2. The molecule has 0 heterocycles. The zero-order chi connectivity index (χ0) is 11.0. The molecule has 1 atom stereocenters. The van der Waals surface area contributed by atoms with Gasteiger partial charge >= 0.3 is 12.0 Å². The highest BCUT2D eigenvalue weighted by atomic mass is 16.4. The molecule has 0 aromatic rings. The molecular weight excluding hydrogens is 184 g/mol. The molecule has 0 saturated heterocycles. The van der Waals surface area contributed by atoms with Crippen LogP contribution < -0.4 is 10.6 Å². The molecule has 78 valence electrons. The molecule has 0 aliphatic rings. The van der Waals surface area contributed by atoms with Crippen LogP contribution in [0.2, 0.25) is 0 Å². The minimum atomic E-state index is -1.07. The number of hydrogen-bond acceptors (Lipinski definition) is 2. The molecule has 0 bridgehead atoms. The van der Waals surface area contributed by atoms with Crippen molar-refractivity contribution in [3.05, 3.63) is 0 Å². The number of amides is 2. The van der Waals surface area contributed by atoms with Crippen molar-refractivity contribution in [1.29, 1.82) is 0 Å². The van der Waals surface area contributed by atoms with Gasteiger partial charge in [0.1, 0.15) is 6.04 Å². The summed E-state index contributed by atoms with van der Waals surface area (Å²) in [6.45, 7) is 1.84. The van der Waals surface area contributed by atoms with Gasteiger partial charge in [-0.3, -0.25) is 4.79 Å². The van der Waals surface area contributed by atoms with Gasteiger partial charge in [0.2, 0.25) is 0 Å². The Hall–Kier alpha value is -1.70. The van der Waals surface area contributed by atoms with Gasteiger partial charge in [-0.1, -0.05) is 0 Å². The first-order valence-corrected chi connectivity index (χ1v) is 4.28. The molecule has 5 nitrogen and oxygen atoms in total. The minimum absolute atomic E-state index is 0.447. The van der Waals surface area contributed by atoms with E-state index in [1.807, 2.05) is 0 Å². The monoisotopic (exact) mass is 198 g/mol. The van der Waals surface area contributed by atoms with Gasteiger partial charge in [0.25, 0.3) is 0 Å². The molecule has 14 heavy (non-hydrogen) atoms. The molecule has 0 aliphatic heterocycles. The first-order valence-electron chi connectivity index (χ1n) is 4.28. The Bertz CT molecular complexity index is 245. The number of terminal acetylenes is 1. The zero-order valence-electron chi connectivity index (χ0n) is 8.04. The van der Waals surface area contributed by atoms with Crippen molar-refractivity contribution >= 4 is 12.0 Å². The summed E-state index contributed by atoms with van der Waals surface area (Å²) in [7, 11) is 0. The molecule has 5 heteroatoms. The minimum Gasteiger partial charge on any atom is -0.480 e. The van der Waals surface area contributed by atoms with Crippen LogP contribution in [0.25, 0.3) is 0 Å². The molecule has 0 radical (unpaired) electrons. The molecule has 2 amide bonds. The number of carbonyl (C=O) groups excluding carboxylic acids is 1. The number of aliphatic carboxylic acids is 1. The highest BCUT2D eigenvalue weighted by Gasteiger charge is 2.12. The van der Waals surface area contributed by atoms with E-state index in [4.69, 9.17) is 11.5 Å². The van der Waals surface area contributed by atoms with Crippen molar-refractivity contribution < 1.29 is 14.7 Å². The summed E-state index contributed by atoms with van der Waals surface area (Å²) < 4.78 is 0. The van der Waals surface area contributed by atoms with E-state index in [0.29, 0.717) is 19.4 Å². The zero-order valence-corrected chi connectivity index (χ0v) is 8.04. The molecule has 3 N–H and O–H groups in total. The third-order valence-electron chi connectivity index (χ3n) is 1.50. The van der Waals surface area contributed by atoms with E-state index >= 15 is 0 Å². The summed E-state index contributed by atoms with van der Waals surface area (Å²) in [5.41, 5.74) is 0. The van der Waals surface area contributed by atoms with Crippen LogP contribution in [0.15, 0.2) is 0 Å². The van der Waals surface area contributed by atoms with Crippen LogP contribution in [-0.2, 0) is 4.79 Å². The Kier molecular flexibility index (Phi) is 5.95. The lowest BCUT2D eigenvalue weighted by molar-refractivity contribution is -0.138. The average Bonchev–Trinajstić information content (AvgIpc) is 2.12. The van der Waals surface area contributed by atoms with Gasteiger partial charge in [-0.2, -0.15) is 0 Å². The number of carboxylic acid groups (broad SMARTS) is 1. The summed E-state index contributed by atoms with van der Waals surface area (Å²) in [4.78, 5) is 21.3. The van der Waals surface area contributed by atoms with Crippen LogP contribution in [-0.4, -0.2) is 29.7 Å². The van der Waals surface area contributed by atoms with E-state index in [0.717, 1.165) is 0 Å². The second kappa shape index (κ2) is 6.78. The highest BCUT2D eigenvalue weighted by molar-refractivity contribution is 5.82. The van der Waals surface area contributed by atoms with Gasteiger partial charge in [0.05, 0.1) is 0 Å². The van der Waals surface area contributed by atoms with Crippen LogP contribution >= 0.6 is 0 Å². The molecule has 0 aromatic carbocycles. The van der Waals surface area contributed by atoms with Crippen molar-refractivity contribution in [2.75, 3.05) is 6.54 Å². The van der Waals surface area contributed by atoms with Crippen molar-refractivity contribution in [1.82, 2.24) is 10.6 Å². The number of nitrogens with one attached hydrogen (secondary N) is 2. The molecule has 0 rings (SSSR count). The standard InChI is InChI=1S/C9H14N2O3/c1-3-4-5-6-10-9(14)11-7(2)8(12)13/h1,7H,4-6H2,2H3,(H,12,13)(H2,10,11,14)/t7-/m1/s1. The number of urea groups is 1. The number of rotatable bonds is 5. The smallest absolute Gasteiger partial charge is 0.325 e. The Morgan fingerprint density at radius 2 is 2.21 bits per heavy atom. The molecule has 0 aliphatic carbocycles. The van der Waals surface area contributed by atoms with Gasteiger partial charge in [-0.05, 0) is 13.3 Å². The molecule has 0 spiro atoms. The third kappa shape index (κ3) is 5.89. The van der Waals surface area contributed by atoms with E-state index in [2.05, 4.69) is 16.6 Å². The van der Waals surface area contributed by atoms with Crippen molar-refractivity contribution in [2.24, 2.45) is 0 Å². The van der Waals surface area contributed by atoms with Gasteiger partial charge in [0.15, 0.2) is 0 Å². The lowest BCUT2D eigenvalue weighted by Crippen LogP contribution is -2.44. The van der Waals surface area contributed by atoms with Crippen LogP contribution in [0.4, 0.5) is 4.79 Å². The predicted molar refractivity (Wildman–Crippen MR) is 51.7 cm³/mol. The lowest BCUT2D eigenvalue weighted by Gasteiger charge is -2.09. The first-order chi connectivity index (χ1) is 6.57. The third-order valence-corrected chi connectivity index (χ3v) is 1.50. The van der Waals surface area contributed by atoms with E-state index in [1.165, 1.54) is 6.92 Å². The van der Waals surface area contributed by atoms with Crippen molar-refractivity contribution in [3.8, 4) is 12.3 Å². The maximum absolute atomic E-state index is 11.0. The lowest BCUT2D eigenvalue weighted by atomic mass is 10.3. The van der Waals surface area contributed by atoms with Crippen LogP contribution in [0.3, 0.4) is 0 Å². The maximum Gasteiger partial charge on any atom is 0.325 e. The van der Waals surface area contributed by atoms with Gasteiger partial charge < -0.3 is 15.7 Å². The molecule has 0 fully saturated rings. The highest BCUT2D eigenvalue weighted by Crippen LogP contribution is 1.84. The number of carboxylic acids is 1. The van der Waals surface area contributed by atoms with E-state index < -0.39 is 18.0 Å². The molecule has 0 aromatic heterocycles. The SMILES string of the molecule is C#CCCCNC(=O)N[C@H](C)C(=O)O. The molecular formula is C9H14N2O3. The van der Waals surface area contributed by atoms with E-state index in [1.54, 1.807) is 0 Å². The fourth-order valence-corrected chi connectivity index (χ4v) is 0.702. The number of unbranched alkanes of at least 4 members (excludes halogenated alkanes) is 1. The fourth-order valence-electron chi connectivity index (χ4n) is 0.702. The predicted octanol–water partition coefficient (Wildman–Crippen LogP) is 0.172. The van der Waals surface area contributed by atoms with E-state index in [-0.39, 0.29) is 0 Å². The van der Waals surface area contributed by atoms with Crippen LogP contribution in [0.5, 0.6) is 0 Å². The largest absolute Gasteiger partial charge is 0.480 e. The first kappa shape index (κ1) is 12.3. The Morgan fingerprint density at radius 3 is 2.71 bits per heavy atom. The maximum atomic E-state index is 11.0. The summed E-state index contributed by atoms with van der Waals surface area (Å²) >= 11 is 0. The Morgan fingerprint density at radius 1 is 1.57 bits per heavy atom. The Labute approximate surface area is 82.9 Å². The van der Waals surface area contributed by atoms with Crippen molar-refractivity contribution in [3.63, 3.8) is 0 Å². The van der Waals surface area contributed by atoms with Gasteiger partial charge in [0, 0.05) is 13.0 Å². The summed E-state index contributed by atoms with van der Waals surface area (Å²) in [6.07, 6.45) is 6.29. The average molecular weight is 198 g/mol. The topological polar surface area (TPSA) is 78.4 Å². The summed E-state index contributed by atoms with van der Waals surface area (Å²) in [6, 6.07) is -1.38. The molecule has 0 unspecified atom stereocenters. The molecule has 0 saturated carbocycles. The number of hydrogen-bond donors (Lipinski definition) is 3.